The molecule has 0 spiro atoms. The normalized spacial score (nSPS) is 13.2. The van der Waals surface area contributed by atoms with Gasteiger partial charge in [-0.2, -0.15) is 0 Å². The Bertz CT molecular complexity index is 302. The molecule has 11 heteroatoms. The molecule has 31 heavy (non-hydrogen) atoms. The van der Waals surface area contributed by atoms with Crippen LogP contribution in [0.25, 0.3) is 0 Å². The minimum Gasteiger partial charge on any atom is -0.854 e. The van der Waals surface area contributed by atoms with Crippen LogP contribution in [0.15, 0.2) is 0 Å². The van der Waals surface area contributed by atoms with E-state index in [9.17, 15) is 49.5 Å². The van der Waals surface area contributed by atoms with Gasteiger partial charge in [-0.1, -0.05) is 34.6 Å². The Hall–Kier alpha value is -1.27. The largest absolute Gasteiger partial charge is 0.854 e. The van der Waals surface area contributed by atoms with Crippen LogP contribution in [-0.2, 0) is 42.5 Å². The molecule has 0 N–H and O–H groups in total. The quantitative estimate of drug-likeness (QED) is 0.273. The summed E-state index contributed by atoms with van der Waals surface area (Å²) in [5.41, 5.74) is 0. The Balaban J connectivity index is -0.0000000625. The van der Waals surface area contributed by atoms with E-state index in [-0.39, 0.29) is 81.2 Å². The monoisotopic (exact) mass is 486 g/mol. The predicted octanol–water partition coefficient (Wildman–Crippen LogP) is -4.09. The van der Waals surface area contributed by atoms with Crippen LogP contribution >= 0.6 is 0 Å². The van der Waals surface area contributed by atoms with E-state index >= 15 is 0 Å². The summed E-state index contributed by atoms with van der Waals surface area (Å²) in [5, 5.41) is 48.1. The van der Waals surface area contributed by atoms with Crippen molar-refractivity contribution in [3.63, 3.8) is 0 Å². The molecule has 0 aromatic rings. The molecule has 5 unspecified atom stereocenters. The van der Waals surface area contributed by atoms with Gasteiger partial charge in [-0.25, -0.2) is 0 Å². The second-order valence-electron chi connectivity index (χ2n) is 6.40. The van der Waals surface area contributed by atoms with E-state index in [1.54, 1.807) is 34.6 Å². The van der Waals surface area contributed by atoms with Gasteiger partial charge in [-0.3, -0.25) is 0 Å². The Morgan fingerprint density at radius 2 is 0.516 bits per heavy atom. The first kappa shape index (κ1) is 43.6. The van der Waals surface area contributed by atoms with Gasteiger partial charge in [-0.15, -0.1) is 33.0 Å². The van der Waals surface area contributed by atoms with E-state index in [1.165, 1.54) is 0 Å². The summed E-state index contributed by atoms with van der Waals surface area (Å²) in [4.78, 5) is 47.7. The Morgan fingerprint density at radius 1 is 0.419 bits per heavy atom. The van der Waals surface area contributed by atoms with Crippen LogP contribution in [0.5, 0.6) is 0 Å². The van der Waals surface area contributed by atoms with E-state index in [2.05, 4.69) is 0 Å². The number of carbonyl (C=O) groups is 5. The fourth-order valence-electron chi connectivity index (χ4n) is 0.196. The van der Waals surface area contributed by atoms with E-state index in [1.807, 2.05) is 0 Å². The van der Waals surface area contributed by atoms with Gasteiger partial charge in [-0.05, 0) is 29.6 Å². The van der Waals surface area contributed by atoms with Crippen molar-refractivity contribution < 1.29 is 68.1 Å². The third-order valence-corrected chi connectivity index (χ3v) is 2.48. The maximum atomic E-state index is 9.63. The van der Waals surface area contributed by atoms with E-state index < -0.39 is 0 Å². The summed E-state index contributed by atoms with van der Waals surface area (Å²) < 4.78 is 0. The molecular formula is C20H35O10V-5. The summed E-state index contributed by atoms with van der Waals surface area (Å²) in [6, 6.07) is 0. The average Bonchev–Trinajstić information content (AvgIpc) is 2.82. The molecule has 0 rings (SSSR count). The zero-order valence-corrected chi connectivity index (χ0v) is 20.2. The van der Waals surface area contributed by atoms with Gasteiger partial charge >= 0.3 is 0 Å². The third-order valence-electron chi connectivity index (χ3n) is 2.48. The van der Waals surface area contributed by atoms with Crippen molar-refractivity contribution >= 4 is 31.4 Å². The minimum absolute atomic E-state index is 0. The van der Waals surface area contributed by atoms with Crippen molar-refractivity contribution in [1.82, 2.24) is 0 Å². The van der Waals surface area contributed by atoms with E-state index in [4.69, 9.17) is 0 Å². The molecule has 0 bridgehead atoms. The first-order valence-corrected chi connectivity index (χ1v) is 9.22. The number of hydrogen-bond acceptors (Lipinski definition) is 10. The summed E-state index contributed by atoms with van der Waals surface area (Å²) in [6.45, 7) is 6.55. The predicted molar refractivity (Wildman–Crippen MR) is 100 cm³/mol. The van der Waals surface area contributed by atoms with Crippen LogP contribution in [0, 0.1) is 29.6 Å². The first-order chi connectivity index (χ1) is 14.0. The molecule has 0 saturated heterocycles. The van der Waals surface area contributed by atoms with Crippen molar-refractivity contribution in [2.45, 2.75) is 34.6 Å². The second kappa shape index (κ2) is 39.2. The molecule has 0 aliphatic carbocycles. The SMILES string of the molecule is CC(C=O)C[O-].CC(C=O)C[O-].CC(C=O)C[O-].CC(C=O)C[O-].CC(C=O)C[O-].[V]. The third kappa shape index (κ3) is 58.5. The summed E-state index contributed by atoms with van der Waals surface area (Å²) in [7, 11) is 0. The Labute approximate surface area is 196 Å². The van der Waals surface area contributed by atoms with Crippen LogP contribution in [-0.4, -0.2) is 64.5 Å². The van der Waals surface area contributed by atoms with Crippen molar-refractivity contribution in [3.05, 3.63) is 0 Å². The summed E-state index contributed by atoms with van der Waals surface area (Å²) in [5.74, 6) is -1.50. The smallest absolute Gasteiger partial charge is 0.121 e. The van der Waals surface area contributed by atoms with Gasteiger partial charge in [0.2, 0.25) is 0 Å². The summed E-state index contributed by atoms with van der Waals surface area (Å²) in [6.07, 6.45) is 3.30. The summed E-state index contributed by atoms with van der Waals surface area (Å²) >= 11 is 0. The van der Waals surface area contributed by atoms with Crippen molar-refractivity contribution in [2.75, 3.05) is 33.0 Å². The van der Waals surface area contributed by atoms with Crippen LogP contribution in [0.2, 0.25) is 0 Å². The second-order valence-corrected chi connectivity index (χ2v) is 6.40. The molecule has 5 atom stereocenters. The number of rotatable bonds is 10. The van der Waals surface area contributed by atoms with Crippen molar-refractivity contribution in [2.24, 2.45) is 29.6 Å². The molecule has 185 valence electrons. The molecule has 0 aliphatic heterocycles. The van der Waals surface area contributed by atoms with Gasteiger partial charge < -0.3 is 49.5 Å². The number of carbonyl (C=O) groups excluding carboxylic acids is 5. The molecule has 0 aromatic carbocycles. The van der Waals surface area contributed by atoms with E-state index in [0.717, 1.165) is 0 Å². The van der Waals surface area contributed by atoms with Crippen LogP contribution in [0.4, 0.5) is 0 Å². The molecule has 0 fully saturated rings. The zero-order chi connectivity index (χ0) is 25.0. The van der Waals surface area contributed by atoms with Gasteiger partial charge in [0.1, 0.15) is 31.4 Å². The number of hydrogen-bond donors (Lipinski definition) is 0. The van der Waals surface area contributed by atoms with Gasteiger partial charge in [0.25, 0.3) is 0 Å². The van der Waals surface area contributed by atoms with Crippen LogP contribution in [0.3, 0.4) is 0 Å². The maximum absolute atomic E-state index is 9.63. The average molecular weight is 486 g/mol. The van der Waals surface area contributed by atoms with Crippen LogP contribution < -0.4 is 25.5 Å². The molecule has 0 amide bonds. The Kier molecular flexibility index (Phi) is 55.2. The van der Waals surface area contributed by atoms with Crippen molar-refractivity contribution in [1.29, 1.82) is 0 Å². The van der Waals surface area contributed by atoms with Crippen LogP contribution in [0.1, 0.15) is 34.6 Å². The molecule has 0 aromatic heterocycles. The molecule has 0 saturated carbocycles. The molecule has 10 nitrogen and oxygen atoms in total. The first-order valence-electron chi connectivity index (χ1n) is 9.22. The molecular weight excluding hydrogens is 451 g/mol. The van der Waals surface area contributed by atoms with Crippen molar-refractivity contribution in [3.8, 4) is 0 Å². The number of aldehydes is 5. The maximum Gasteiger partial charge on any atom is 0.121 e. The topological polar surface area (TPSA) is 201 Å². The Morgan fingerprint density at radius 3 is 0.516 bits per heavy atom. The fourth-order valence-corrected chi connectivity index (χ4v) is 0.196. The zero-order valence-electron chi connectivity index (χ0n) is 18.8. The van der Waals surface area contributed by atoms with Gasteiger partial charge in [0.15, 0.2) is 0 Å². The fraction of sp³-hybridized carbons (Fsp3) is 0.750. The molecule has 1 radical (unpaired) electrons. The van der Waals surface area contributed by atoms with Gasteiger partial charge in [0.05, 0.1) is 0 Å². The standard InChI is InChI=1S/5C4H7O2.V/c5*1-4(2-5)3-6;/h5*2,4H,3H2,1H3;/q5*-1;. The van der Waals surface area contributed by atoms with E-state index in [0.29, 0.717) is 31.4 Å². The molecule has 0 heterocycles. The van der Waals surface area contributed by atoms with Gasteiger partial charge in [0, 0.05) is 18.6 Å². The minimum atomic E-state index is -0.301. The molecule has 0 aliphatic rings.